The zero-order valence-corrected chi connectivity index (χ0v) is 14.4. The Kier molecular flexibility index (Phi) is 7.48. The number of hydrogen-bond donors (Lipinski definition) is 1. The van der Waals surface area contributed by atoms with Crippen molar-refractivity contribution >= 4 is 10.0 Å². The minimum atomic E-state index is -3.14. The molecule has 20 heavy (non-hydrogen) atoms. The summed E-state index contributed by atoms with van der Waals surface area (Å²) in [5.41, 5.74) is 0. The lowest BCUT2D eigenvalue weighted by atomic mass is 10.00. The highest BCUT2D eigenvalue weighted by Gasteiger charge is 2.22. The van der Waals surface area contributed by atoms with E-state index in [1.54, 1.807) is 0 Å². The van der Waals surface area contributed by atoms with Crippen molar-refractivity contribution in [3.05, 3.63) is 0 Å². The Bertz CT molecular complexity index is 370. The van der Waals surface area contributed by atoms with Crippen LogP contribution in [0.15, 0.2) is 0 Å². The fourth-order valence-electron chi connectivity index (χ4n) is 3.18. The van der Waals surface area contributed by atoms with Crippen LogP contribution < -0.4 is 4.72 Å². The molecule has 120 valence electrons. The monoisotopic (exact) mass is 304 g/mol. The van der Waals surface area contributed by atoms with Crippen LogP contribution in [0.5, 0.6) is 0 Å². The summed E-state index contributed by atoms with van der Waals surface area (Å²) in [7, 11) is -3.14. The predicted octanol–water partition coefficient (Wildman–Crippen LogP) is 2.46. The molecule has 1 rings (SSSR count). The topological polar surface area (TPSA) is 49.4 Å². The fraction of sp³-hybridized carbons (Fsp3) is 1.00. The zero-order valence-electron chi connectivity index (χ0n) is 13.6. The highest BCUT2D eigenvalue weighted by Crippen LogP contribution is 2.15. The van der Waals surface area contributed by atoms with Crippen LogP contribution in [0.1, 0.15) is 53.4 Å². The first-order valence-corrected chi connectivity index (χ1v) is 9.70. The van der Waals surface area contributed by atoms with Gasteiger partial charge in [0.25, 0.3) is 0 Å². The Morgan fingerprint density at radius 3 is 2.65 bits per heavy atom. The summed E-state index contributed by atoms with van der Waals surface area (Å²) in [6.45, 7) is 11.4. The molecule has 0 aromatic heterocycles. The molecule has 1 aliphatic heterocycles. The van der Waals surface area contributed by atoms with Crippen molar-refractivity contribution in [2.45, 2.75) is 59.4 Å². The Morgan fingerprint density at radius 1 is 1.35 bits per heavy atom. The highest BCUT2D eigenvalue weighted by atomic mass is 32.2. The molecule has 1 saturated heterocycles. The maximum Gasteiger partial charge on any atom is 0.212 e. The van der Waals surface area contributed by atoms with Gasteiger partial charge in [-0.1, -0.05) is 27.2 Å². The standard InChI is InChI=1S/C15H32N2O2S/c1-5-7-14(3)12-20(18,19)16-15(4)11-17-9-6-8-13(2)10-17/h13-16H,5-12H2,1-4H3/t13-,14+,15+/m1/s1. The van der Waals surface area contributed by atoms with Gasteiger partial charge in [0.2, 0.25) is 10.0 Å². The van der Waals surface area contributed by atoms with E-state index < -0.39 is 10.0 Å². The lowest BCUT2D eigenvalue weighted by molar-refractivity contribution is 0.174. The second-order valence-corrected chi connectivity index (χ2v) is 8.50. The largest absolute Gasteiger partial charge is 0.301 e. The number of sulfonamides is 1. The third-order valence-corrected chi connectivity index (χ3v) is 5.71. The average molecular weight is 305 g/mol. The quantitative estimate of drug-likeness (QED) is 0.749. The van der Waals surface area contributed by atoms with Crippen molar-refractivity contribution in [2.75, 3.05) is 25.4 Å². The first-order valence-electron chi connectivity index (χ1n) is 8.04. The summed E-state index contributed by atoms with van der Waals surface area (Å²) in [5, 5.41) is 0. The minimum absolute atomic E-state index is 0.000809. The number of nitrogens with zero attached hydrogens (tertiary/aromatic N) is 1. The van der Waals surface area contributed by atoms with Gasteiger partial charge in [0.1, 0.15) is 0 Å². The van der Waals surface area contributed by atoms with Crippen LogP contribution in [0.2, 0.25) is 0 Å². The third kappa shape index (κ3) is 7.04. The number of rotatable bonds is 8. The van der Waals surface area contributed by atoms with Crippen LogP contribution in [0.25, 0.3) is 0 Å². The zero-order chi connectivity index (χ0) is 15.2. The van der Waals surface area contributed by atoms with Gasteiger partial charge in [-0.25, -0.2) is 13.1 Å². The maximum absolute atomic E-state index is 12.1. The summed E-state index contributed by atoms with van der Waals surface area (Å²) >= 11 is 0. The van der Waals surface area contributed by atoms with E-state index in [1.165, 1.54) is 12.8 Å². The van der Waals surface area contributed by atoms with E-state index in [0.29, 0.717) is 0 Å². The molecule has 0 aromatic carbocycles. The molecule has 0 amide bonds. The Balaban J connectivity index is 2.38. The molecule has 1 aliphatic rings. The van der Waals surface area contributed by atoms with E-state index in [2.05, 4.69) is 23.5 Å². The van der Waals surface area contributed by atoms with Crippen molar-refractivity contribution in [1.82, 2.24) is 9.62 Å². The van der Waals surface area contributed by atoms with E-state index >= 15 is 0 Å². The van der Waals surface area contributed by atoms with Crippen LogP contribution in [0.3, 0.4) is 0 Å². The molecule has 3 atom stereocenters. The molecule has 0 radical (unpaired) electrons. The lowest BCUT2D eigenvalue weighted by Gasteiger charge is -2.32. The SMILES string of the molecule is CCC[C@H](C)CS(=O)(=O)N[C@@H](C)CN1CCC[C@@H](C)C1. The van der Waals surface area contributed by atoms with Crippen molar-refractivity contribution in [2.24, 2.45) is 11.8 Å². The molecule has 4 nitrogen and oxygen atoms in total. The van der Waals surface area contributed by atoms with Gasteiger partial charge in [0.15, 0.2) is 0 Å². The highest BCUT2D eigenvalue weighted by molar-refractivity contribution is 7.89. The van der Waals surface area contributed by atoms with E-state index in [4.69, 9.17) is 0 Å². The van der Waals surface area contributed by atoms with E-state index in [1.807, 2.05) is 13.8 Å². The van der Waals surface area contributed by atoms with Crippen LogP contribution in [0, 0.1) is 11.8 Å². The third-order valence-electron chi connectivity index (χ3n) is 3.94. The van der Waals surface area contributed by atoms with Crippen LogP contribution in [-0.2, 0) is 10.0 Å². The van der Waals surface area contributed by atoms with E-state index in [0.717, 1.165) is 38.4 Å². The molecule has 1 N–H and O–H groups in total. The molecule has 1 fully saturated rings. The van der Waals surface area contributed by atoms with Gasteiger partial charge in [-0.3, -0.25) is 0 Å². The molecule has 0 unspecified atom stereocenters. The maximum atomic E-state index is 12.1. The summed E-state index contributed by atoms with van der Waals surface area (Å²) in [4.78, 5) is 2.39. The molecular weight excluding hydrogens is 272 g/mol. The number of likely N-dealkylation sites (tertiary alicyclic amines) is 1. The fourth-order valence-corrected chi connectivity index (χ4v) is 4.88. The number of piperidine rings is 1. The van der Waals surface area contributed by atoms with Crippen LogP contribution in [-0.4, -0.2) is 44.7 Å². The lowest BCUT2D eigenvalue weighted by Crippen LogP contribution is -2.46. The molecule has 1 heterocycles. The van der Waals surface area contributed by atoms with E-state index in [-0.39, 0.29) is 17.7 Å². The summed E-state index contributed by atoms with van der Waals surface area (Å²) in [6, 6.07) is -0.000809. The second-order valence-electron chi connectivity index (χ2n) is 6.70. The molecular formula is C15H32N2O2S. The Morgan fingerprint density at radius 2 is 2.05 bits per heavy atom. The van der Waals surface area contributed by atoms with Crippen LogP contribution in [0.4, 0.5) is 0 Å². The predicted molar refractivity (Wildman–Crippen MR) is 85.3 cm³/mol. The average Bonchev–Trinajstić information content (AvgIpc) is 2.26. The first kappa shape index (κ1) is 17.9. The molecule has 0 spiro atoms. The molecule has 0 aliphatic carbocycles. The van der Waals surface area contributed by atoms with Crippen molar-refractivity contribution in [3.63, 3.8) is 0 Å². The van der Waals surface area contributed by atoms with Crippen molar-refractivity contribution in [3.8, 4) is 0 Å². The van der Waals surface area contributed by atoms with Gasteiger partial charge >= 0.3 is 0 Å². The smallest absolute Gasteiger partial charge is 0.212 e. The molecule has 0 saturated carbocycles. The van der Waals surface area contributed by atoms with Gasteiger partial charge in [-0.2, -0.15) is 0 Å². The normalized spacial score (nSPS) is 24.5. The van der Waals surface area contributed by atoms with Gasteiger partial charge in [-0.15, -0.1) is 0 Å². The minimum Gasteiger partial charge on any atom is -0.301 e. The Labute approximate surface area is 125 Å². The molecule has 0 aromatic rings. The summed E-state index contributed by atoms with van der Waals surface area (Å²) < 4.78 is 27.0. The summed E-state index contributed by atoms with van der Waals surface area (Å²) in [5.74, 6) is 1.22. The van der Waals surface area contributed by atoms with Crippen molar-refractivity contribution in [1.29, 1.82) is 0 Å². The number of nitrogens with one attached hydrogen (secondary N) is 1. The Hall–Kier alpha value is -0.130. The number of hydrogen-bond acceptors (Lipinski definition) is 3. The molecule has 5 heteroatoms. The van der Waals surface area contributed by atoms with E-state index in [9.17, 15) is 8.42 Å². The summed E-state index contributed by atoms with van der Waals surface area (Å²) in [6.07, 6.45) is 4.54. The first-order chi connectivity index (χ1) is 9.32. The van der Waals surface area contributed by atoms with Crippen LogP contribution >= 0.6 is 0 Å². The van der Waals surface area contributed by atoms with Gasteiger partial charge in [-0.05, 0) is 44.6 Å². The van der Waals surface area contributed by atoms with Gasteiger partial charge < -0.3 is 4.90 Å². The van der Waals surface area contributed by atoms with Gasteiger partial charge in [0.05, 0.1) is 5.75 Å². The molecule has 0 bridgehead atoms. The van der Waals surface area contributed by atoms with Crippen molar-refractivity contribution < 1.29 is 8.42 Å². The van der Waals surface area contributed by atoms with Gasteiger partial charge in [0, 0.05) is 19.1 Å². The second kappa shape index (κ2) is 8.35.